The molecule has 104 valence electrons. The van der Waals surface area contributed by atoms with Crippen LogP contribution in [0.2, 0.25) is 0 Å². The van der Waals surface area contributed by atoms with Crippen LogP contribution in [0.3, 0.4) is 0 Å². The van der Waals surface area contributed by atoms with Gasteiger partial charge in [-0.2, -0.15) is 0 Å². The summed E-state index contributed by atoms with van der Waals surface area (Å²) in [4.78, 5) is 14.1. The van der Waals surface area contributed by atoms with Gasteiger partial charge in [-0.1, -0.05) is 25.7 Å². The molecule has 0 bridgehead atoms. The van der Waals surface area contributed by atoms with E-state index in [1.807, 2.05) is 4.90 Å². The number of amides is 1. The lowest BCUT2D eigenvalue weighted by atomic mass is 9.95. The van der Waals surface area contributed by atoms with Crippen LogP contribution in [-0.2, 0) is 9.53 Å². The van der Waals surface area contributed by atoms with Crippen molar-refractivity contribution >= 4 is 5.91 Å². The number of rotatable bonds is 3. The third-order valence-corrected chi connectivity index (χ3v) is 4.20. The van der Waals surface area contributed by atoms with Gasteiger partial charge in [0.1, 0.15) is 0 Å². The summed E-state index contributed by atoms with van der Waals surface area (Å²) in [5, 5.41) is 9.29. The fourth-order valence-electron chi connectivity index (χ4n) is 3.07. The van der Waals surface area contributed by atoms with Gasteiger partial charge in [0.2, 0.25) is 5.91 Å². The van der Waals surface area contributed by atoms with E-state index in [9.17, 15) is 9.90 Å². The molecule has 0 spiro atoms. The van der Waals surface area contributed by atoms with Gasteiger partial charge in [0.05, 0.1) is 25.9 Å². The van der Waals surface area contributed by atoms with Crippen LogP contribution in [0.25, 0.3) is 0 Å². The van der Waals surface area contributed by atoms with Crippen LogP contribution in [0.1, 0.15) is 44.9 Å². The minimum absolute atomic E-state index is 0.0103. The molecule has 1 saturated heterocycles. The SMILES string of the molecule is O=C(CC1CCCCCC1)N1CCOCC1CO. The Labute approximate surface area is 109 Å². The van der Waals surface area contributed by atoms with E-state index in [0.29, 0.717) is 32.1 Å². The third kappa shape index (κ3) is 3.69. The zero-order valence-electron chi connectivity index (χ0n) is 11.1. The van der Waals surface area contributed by atoms with Gasteiger partial charge < -0.3 is 14.7 Å². The molecule has 0 aromatic carbocycles. The maximum atomic E-state index is 12.3. The fourth-order valence-corrected chi connectivity index (χ4v) is 3.07. The van der Waals surface area contributed by atoms with Crippen LogP contribution in [0.15, 0.2) is 0 Å². The van der Waals surface area contributed by atoms with Gasteiger partial charge in [0, 0.05) is 13.0 Å². The standard InChI is InChI=1S/C14H25NO3/c16-10-13-11-18-8-7-15(13)14(17)9-12-5-3-1-2-4-6-12/h12-13,16H,1-11H2. The lowest BCUT2D eigenvalue weighted by molar-refractivity contribution is -0.142. The molecule has 2 fully saturated rings. The number of ether oxygens (including phenoxy) is 1. The second-order valence-electron chi connectivity index (χ2n) is 5.56. The Morgan fingerprint density at radius 3 is 2.61 bits per heavy atom. The molecule has 0 aromatic rings. The maximum Gasteiger partial charge on any atom is 0.223 e. The molecule has 0 radical (unpaired) electrons. The highest BCUT2D eigenvalue weighted by Crippen LogP contribution is 2.26. The molecular formula is C14H25NO3. The van der Waals surface area contributed by atoms with Gasteiger partial charge in [-0.25, -0.2) is 0 Å². The summed E-state index contributed by atoms with van der Waals surface area (Å²) < 4.78 is 5.31. The third-order valence-electron chi connectivity index (χ3n) is 4.20. The van der Waals surface area contributed by atoms with Crippen molar-refractivity contribution in [3.05, 3.63) is 0 Å². The molecule has 1 aliphatic heterocycles. The second-order valence-corrected chi connectivity index (χ2v) is 5.56. The number of morpholine rings is 1. The first-order valence-electron chi connectivity index (χ1n) is 7.29. The molecule has 1 amide bonds. The summed E-state index contributed by atoms with van der Waals surface area (Å²) in [6, 6.07) is -0.128. The van der Waals surface area contributed by atoms with E-state index in [1.165, 1.54) is 38.5 Å². The average Bonchev–Trinajstić information content (AvgIpc) is 2.67. The number of carbonyl (C=O) groups excluding carboxylic acids is 1. The molecule has 1 atom stereocenters. The van der Waals surface area contributed by atoms with E-state index < -0.39 is 0 Å². The zero-order valence-corrected chi connectivity index (χ0v) is 11.1. The minimum Gasteiger partial charge on any atom is -0.394 e. The van der Waals surface area contributed by atoms with Gasteiger partial charge in [-0.05, 0) is 18.8 Å². The predicted molar refractivity (Wildman–Crippen MR) is 69.2 cm³/mol. The van der Waals surface area contributed by atoms with Crippen LogP contribution in [0, 0.1) is 5.92 Å². The molecule has 2 rings (SSSR count). The number of carbonyl (C=O) groups is 1. The van der Waals surface area contributed by atoms with E-state index in [1.54, 1.807) is 0 Å². The van der Waals surface area contributed by atoms with Gasteiger partial charge in [0.25, 0.3) is 0 Å². The zero-order chi connectivity index (χ0) is 12.8. The summed E-state index contributed by atoms with van der Waals surface area (Å²) >= 11 is 0. The highest BCUT2D eigenvalue weighted by atomic mass is 16.5. The van der Waals surface area contributed by atoms with Gasteiger partial charge in [-0.15, -0.1) is 0 Å². The predicted octanol–water partition coefficient (Wildman–Crippen LogP) is 1.57. The summed E-state index contributed by atoms with van der Waals surface area (Å²) in [5.41, 5.74) is 0. The van der Waals surface area contributed by atoms with E-state index in [-0.39, 0.29) is 18.6 Å². The van der Waals surface area contributed by atoms with Gasteiger partial charge in [0.15, 0.2) is 0 Å². The smallest absolute Gasteiger partial charge is 0.223 e. The average molecular weight is 255 g/mol. The molecular weight excluding hydrogens is 230 g/mol. The number of hydrogen-bond donors (Lipinski definition) is 1. The molecule has 1 aliphatic carbocycles. The van der Waals surface area contributed by atoms with Crippen molar-refractivity contribution in [3.63, 3.8) is 0 Å². The summed E-state index contributed by atoms with van der Waals surface area (Å²) in [7, 11) is 0. The molecule has 1 unspecified atom stereocenters. The lowest BCUT2D eigenvalue weighted by Crippen LogP contribution is -2.50. The molecule has 1 saturated carbocycles. The van der Waals surface area contributed by atoms with Crippen molar-refractivity contribution in [2.75, 3.05) is 26.4 Å². The van der Waals surface area contributed by atoms with E-state index in [2.05, 4.69) is 0 Å². The largest absolute Gasteiger partial charge is 0.394 e. The quantitative estimate of drug-likeness (QED) is 0.779. The Morgan fingerprint density at radius 1 is 1.22 bits per heavy atom. The molecule has 4 nitrogen and oxygen atoms in total. The molecule has 0 aromatic heterocycles. The van der Waals surface area contributed by atoms with Crippen LogP contribution in [0.4, 0.5) is 0 Å². The first kappa shape index (κ1) is 13.8. The van der Waals surface area contributed by atoms with Gasteiger partial charge in [-0.3, -0.25) is 4.79 Å². The van der Waals surface area contributed by atoms with E-state index in [4.69, 9.17) is 4.74 Å². The highest BCUT2D eigenvalue weighted by molar-refractivity contribution is 5.77. The first-order chi connectivity index (χ1) is 8.81. The topological polar surface area (TPSA) is 49.8 Å². The normalized spacial score (nSPS) is 26.9. The number of aliphatic hydroxyl groups excluding tert-OH is 1. The number of hydrogen-bond acceptors (Lipinski definition) is 3. The molecule has 4 heteroatoms. The van der Waals surface area contributed by atoms with Crippen LogP contribution in [0.5, 0.6) is 0 Å². The summed E-state index contributed by atoms with van der Waals surface area (Å²) in [6.07, 6.45) is 8.23. The molecule has 18 heavy (non-hydrogen) atoms. The van der Waals surface area contributed by atoms with Crippen molar-refractivity contribution in [2.45, 2.75) is 51.0 Å². The second kappa shape index (κ2) is 7.10. The van der Waals surface area contributed by atoms with E-state index in [0.717, 1.165) is 0 Å². The van der Waals surface area contributed by atoms with E-state index >= 15 is 0 Å². The summed E-state index contributed by atoms with van der Waals surface area (Å²) in [6.45, 7) is 1.73. The van der Waals surface area contributed by atoms with Crippen molar-refractivity contribution in [1.82, 2.24) is 4.90 Å². The van der Waals surface area contributed by atoms with Crippen molar-refractivity contribution in [1.29, 1.82) is 0 Å². The lowest BCUT2D eigenvalue weighted by Gasteiger charge is -2.35. The van der Waals surface area contributed by atoms with Crippen LogP contribution >= 0.6 is 0 Å². The van der Waals surface area contributed by atoms with Crippen molar-refractivity contribution < 1.29 is 14.6 Å². The highest BCUT2D eigenvalue weighted by Gasteiger charge is 2.28. The molecule has 2 aliphatic rings. The van der Waals surface area contributed by atoms with Crippen LogP contribution in [-0.4, -0.2) is 48.3 Å². The fraction of sp³-hybridized carbons (Fsp3) is 0.929. The Hall–Kier alpha value is -0.610. The maximum absolute atomic E-state index is 12.3. The Kier molecular flexibility index (Phi) is 5.45. The summed E-state index contributed by atoms with van der Waals surface area (Å²) in [5.74, 6) is 0.770. The molecule has 1 N–H and O–H groups in total. The monoisotopic (exact) mass is 255 g/mol. The number of aliphatic hydroxyl groups is 1. The minimum atomic E-state index is -0.128. The first-order valence-corrected chi connectivity index (χ1v) is 7.29. The Bertz CT molecular complexity index is 262. The van der Waals surface area contributed by atoms with Crippen molar-refractivity contribution in [2.24, 2.45) is 5.92 Å². The van der Waals surface area contributed by atoms with Crippen molar-refractivity contribution in [3.8, 4) is 0 Å². The number of nitrogens with zero attached hydrogens (tertiary/aromatic N) is 1. The van der Waals surface area contributed by atoms with Gasteiger partial charge >= 0.3 is 0 Å². The Balaban J connectivity index is 1.85. The van der Waals surface area contributed by atoms with Crippen LogP contribution < -0.4 is 0 Å². The molecule has 1 heterocycles. The Morgan fingerprint density at radius 2 is 1.94 bits per heavy atom.